The third-order valence-electron chi connectivity index (χ3n) is 4.88. The molecule has 2 N–H and O–H groups in total. The van der Waals surface area contributed by atoms with E-state index in [1.54, 1.807) is 0 Å². The van der Waals surface area contributed by atoms with E-state index < -0.39 is 0 Å². The zero-order valence-electron chi connectivity index (χ0n) is 14.1. The molecular weight excluding hydrogens is 322 g/mol. The minimum absolute atomic E-state index is 0.00449. The summed E-state index contributed by atoms with van der Waals surface area (Å²) < 4.78 is 1.40. The summed E-state index contributed by atoms with van der Waals surface area (Å²) in [5, 5.41) is 17.5. The van der Waals surface area contributed by atoms with E-state index in [0.717, 1.165) is 38.0 Å². The standard InChI is InChI=1S/C16H21N7O2/c1-10-6-11(10)12-7-14(20-18-12)17-16(25)13-8-23(21-19-13)9-15(24)22-4-2-3-5-22/h7-8,10-11H,2-6,9H2,1H3,(H2,17,18,20,25). The summed E-state index contributed by atoms with van der Waals surface area (Å²) in [5.74, 6) is 1.26. The van der Waals surface area contributed by atoms with Crippen LogP contribution in [-0.2, 0) is 11.3 Å². The first kappa shape index (κ1) is 15.8. The second-order valence-electron chi connectivity index (χ2n) is 6.87. The predicted molar refractivity (Wildman–Crippen MR) is 88.9 cm³/mol. The van der Waals surface area contributed by atoms with E-state index >= 15 is 0 Å². The highest BCUT2D eigenvalue weighted by Crippen LogP contribution is 2.46. The van der Waals surface area contributed by atoms with E-state index in [4.69, 9.17) is 0 Å². The number of carbonyl (C=O) groups excluding carboxylic acids is 2. The molecule has 2 unspecified atom stereocenters. The molecule has 0 spiro atoms. The van der Waals surface area contributed by atoms with Gasteiger partial charge in [-0.1, -0.05) is 12.1 Å². The largest absolute Gasteiger partial charge is 0.341 e. The number of nitrogens with zero attached hydrogens (tertiary/aromatic N) is 5. The predicted octanol–water partition coefficient (Wildman–Crippen LogP) is 0.999. The Hall–Kier alpha value is -2.71. The van der Waals surface area contributed by atoms with Crippen molar-refractivity contribution in [3.8, 4) is 0 Å². The fourth-order valence-electron chi connectivity index (χ4n) is 3.21. The van der Waals surface area contributed by atoms with Gasteiger partial charge in [-0.2, -0.15) is 5.10 Å². The van der Waals surface area contributed by atoms with E-state index in [9.17, 15) is 9.59 Å². The second-order valence-corrected chi connectivity index (χ2v) is 6.87. The molecule has 2 atom stereocenters. The van der Waals surface area contributed by atoms with E-state index in [0.29, 0.717) is 17.7 Å². The van der Waals surface area contributed by atoms with E-state index in [-0.39, 0.29) is 24.1 Å². The van der Waals surface area contributed by atoms with Crippen molar-refractivity contribution < 1.29 is 9.59 Å². The lowest BCUT2D eigenvalue weighted by atomic mass is 10.2. The smallest absolute Gasteiger partial charge is 0.279 e. The van der Waals surface area contributed by atoms with E-state index in [1.165, 1.54) is 10.9 Å². The molecule has 2 fully saturated rings. The van der Waals surface area contributed by atoms with Gasteiger partial charge in [-0.25, -0.2) is 4.68 Å². The normalized spacial score (nSPS) is 22.2. The van der Waals surface area contributed by atoms with Crippen molar-refractivity contribution in [2.75, 3.05) is 18.4 Å². The number of aromatic nitrogens is 5. The molecule has 1 saturated heterocycles. The van der Waals surface area contributed by atoms with Gasteiger partial charge in [-0.05, 0) is 25.2 Å². The van der Waals surface area contributed by atoms with Gasteiger partial charge >= 0.3 is 0 Å². The Labute approximate surface area is 144 Å². The molecule has 1 saturated carbocycles. The quantitative estimate of drug-likeness (QED) is 0.842. The third kappa shape index (κ3) is 3.40. The average Bonchev–Trinajstić information content (AvgIpc) is 3.09. The number of hydrogen-bond donors (Lipinski definition) is 2. The zero-order valence-corrected chi connectivity index (χ0v) is 14.1. The highest BCUT2D eigenvalue weighted by Gasteiger charge is 2.35. The van der Waals surface area contributed by atoms with Crippen molar-refractivity contribution in [1.29, 1.82) is 0 Å². The summed E-state index contributed by atoms with van der Waals surface area (Å²) in [6, 6.07) is 1.85. The molecule has 0 aromatic carbocycles. The number of aromatic amines is 1. The second kappa shape index (κ2) is 6.30. The minimum atomic E-state index is -0.387. The Bertz CT molecular complexity index is 790. The van der Waals surface area contributed by atoms with Crippen LogP contribution in [0.15, 0.2) is 12.3 Å². The number of rotatable bonds is 5. The Morgan fingerprint density at radius 3 is 2.84 bits per heavy atom. The van der Waals surface area contributed by atoms with Gasteiger partial charge in [0.15, 0.2) is 11.5 Å². The molecule has 1 aliphatic heterocycles. The maximum Gasteiger partial charge on any atom is 0.279 e. The molecule has 2 aromatic heterocycles. The maximum absolute atomic E-state index is 12.3. The molecule has 9 heteroatoms. The number of nitrogens with one attached hydrogen (secondary N) is 2. The molecule has 9 nitrogen and oxygen atoms in total. The van der Waals surface area contributed by atoms with Gasteiger partial charge in [-0.15, -0.1) is 5.10 Å². The van der Waals surface area contributed by atoms with Gasteiger partial charge in [-0.3, -0.25) is 14.7 Å². The minimum Gasteiger partial charge on any atom is -0.341 e. The van der Waals surface area contributed by atoms with Crippen molar-refractivity contribution >= 4 is 17.6 Å². The molecule has 0 radical (unpaired) electrons. The van der Waals surface area contributed by atoms with E-state index in [2.05, 4.69) is 32.7 Å². The number of hydrogen-bond acceptors (Lipinski definition) is 5. The van der Waals surface area contributed by atoms with Crippen LogP contribution in [0.5, 0.6) is 0 Å². The molecule has 2 aromatic rings. The zero-order chi connectivity index (χ0) is 17.4. The first-order chi connectivity index (χ1) is 12.1. The lowest BCUT2D eigenvalue weighted by Crippen LogP contribution is -2.31. The van der Waals surface area contributed by atoms with Crippen LogP contribution < -0.4 is 5.32 Å². The summed E-state index contributed by atoms with van der Waals surface area (Å²) in [7, 11) is 0. The van der Waals surface area contributed by atoms with Crippen LogP contribution in [0.1, 0.15) is 48.3 Å². The Kier molecular flexibility index (Phi) is 3.98. The molecule has 2 amide bonds. The van der Waals surface area contributed by atoms with Crippen LogP contribution in [0.2, 0.25) is 0 Å². The molecule has 25 heavy (non-hydrogen) atoms. The summed E-state index contributed by atoms with van der Waals surface area (Å²) in [4.78, 5) is 26.2. The summed E-state index contributed by atoms with van der Waals surface area (Å²) in [6.07, 6.45) is 4.72. The van der Waals surface area contributed by atoms with Gasteiger partial charge < -0.3 is 10.2 Å². The number of likely N-dealkylation sites (tertiary alicyclic amines) is 1. The Balaban J connectivity index is 1.35. The van der Waals surface area contributed by atoms with Gasteiger partial charge in [0.25, 0.3) is 5.91 Å². The van der Waals surface area contributed by atoms with Crippen molar-refractivity contribution in [2.24, 2.45) is 5.92 Å². The fourth-order valence-corrected chi connectivity index (χ4v) is 3.21. The molecule has 1 aliphatic carbocycles. The lowest BCUT2D eigenvalue weighted by molar-refractivity contribution is -0.130. The first-order valence-corrected chi connectivity index (χ1v) is 8.64. The van der Waals surface area contributed by atoms with Crippen LogP contribution in [0, 0.1) is 5.92 Å². The van der Waals surface area contributed by atoms with Crippen molar-refractivity contribution in [2.45, 2.75) is 38.6 Å². The molecule has 3 heterocycles. The van der Waals surface area contributed by atoms with Crippen LogP contribution >= 0.6 is 0 Å². The SMILES string of the molecule is CC1CC1c1cc(NC(=O)c2cn(CC(=O)N3CCCC3)nn2)n[nH]1. The maximum atomic E-state index is 12.3. The number of carbonyl (C=O) groups is 2. The van der Waals surface area contributed by atoms with Crippen molar-refractivity contribution in [3.63, 3.8) is 0 Å². The Morgan fingerprint density at radius 2 is 2.12 bits per heavy atom. The summed E-state index contributed by atoms with van der Waals surface area (Å²) in [5.41, 5.74) is 1.21. The molecule has 4 rings (SSSR count). The molecule has 132 valence electrons. The topological polar surface area (TPSA) is 109 Å². The van der Waals surface area contributed by atoms with Gasteiger partial charge in [0.05, 0.1) is 6.20 Å². The van der Waals surface area contributed by atoms with Gasteiger partial charge in [0.2, 0.25) is 5.91 Å². The van der Waals surface area contributed by atoms with Crippen LogP contribution in [0.3, 0.4) is 0 Å². The highest BCUT2D eigenvalue weighted by molar-refractivity contribution is 6.02. The number of anilines is 1. The monoisotopic (exact) mass is 343 g/mol. The average molecular weight is 343 g/mol. The van der Waals surface area contributed by atoms with Crippen molar-refractivity contribution in [3.05, 3.63) is 23.7 Å². The summed E-state index contributed by atoms with van der Waals surface area (Å²) in [6.45, 7) is 3.88. The number of H-pyrrole nitrogens is 1. The van der Waals surface area contributed by atoms with Crippen molar-refractivity contribution in [1.82, 2.24) is 30.1 Å². The van der Waals surface area contributed by atoms with Crippen LogP contribution in [0.25, 0.3) is 0 Å². The summed E-state index contributed by atoms with van der Waals surface area (Å²) >= 11 is 0. The van der Waals surface area contributed by atoms with E-state index in [1.807, 2.05) is 11.0 Å². The number of amides is 2. The lowest BCUT2D eigenvalue weighted by Gasteiger charge is -2.14. The van der Waals surface area contributed by atoms with Gasteiger partial charge in [0, 0.05) is 30.8 Å². The molecule has 2 aliphatic rings. The Morgan fingerprint density at radius 1 is 1.36 bits per heavy atom. The van der Waals surface area contributed by atoms with Gasteiger partial charge in [0.1, 0.15) is 6.54 Å². The first-order valence-electron chi connectivity index (χ1n) is 8.64. The highest BCUT2D eigenvalue weighted by atomic mass is 16.2. The molecular formula is C16H21N7O2. The molecule has 0 bridgehead atoms. The third-order valence-corrected chi connectivity index (χ3v) is 4.88. The van der Waals surface area contributed by atoms with Crippen LogP contribution in [-0.4, -0.2) is 55.0 Å². The van der Waals surface area contributed by atoms with Crippen LogP contribution in [0.4, 0.5) is 5.82 Å². The fraction of sp³-hybridized carbons (Fsp3) is 0.562.